The smallest absolute Gasteiger partial charge is 0.269 e. The number of hydrogen-bond acceptors (Lipinski definition) is 5. The zero-order chi connectivity index (χ0) is 16.7. The first-order valence-electron chi connectivity index (χ1n) is 8.32. The molecule has 0 radical (unpaired) electrons. The molecule has 1 fully saturated rings. The molecule has 4 rings (SSSR count). The molecule has 0 saturated heterocycles. The van der Waals surface area contributed by atoms with Gasteiger partial charge in [0.25, 0.3) is 5.91 Å². The first-order chi connectivity index (χ1) is 11.6. The van der Waals surface area contributed by atoms with E-state index in [1.165, 1.54) is 19.3 Å². The molecule has 2 aromatic heterocycles. The van der Waals surface area contributed by atoms with Crippen LogP contribution in [0.25, 0.3) is 21.8 Å². The SMILES string of the molecule is Cn1nc(C(N)=O)c2ccc3cnc(NC4CCCCC4)nc3c21. The summed E-state index contributed by atoms with van der Waals surface area (Å²) >= 11 is 0. The van der Waals surface area contributed by atoms with Gasteiger partial charge in [-0.15, -0.1) is 0 Å². The van der Waals surface area contributed by atoms with Crippen molar-refractivity contribution in [2.24, 2.45) is 12.8 Å². The van der Waals surface area contributed by atoms with Crippen LogP contribution in [0, 0.1) is 0 Å². The average Bonchev–Trinajstić information content (AvgIpc) is 2.93. The van der Waals surface area contributed by atoms with Crippen molar-refractivity contribution in [1.82, 2.24) is 19.7 Å². The lowest BCUT2D eigenvalue weighted by Crippen LogP contribution is -2.23. The molecule has 7 heteroatoms. The molecule has 7 nitrogen and oxygen atoms in total. The van der Waals surface area contributed by atoms with Gasteiger partial charge in [-0.1, -0.05) is 25.3 Å². The number of hydrogen-bond donors (Lipinski definition) is 2. The number of nitrogens with two attached hydrogens (primary N) is 1. The lowest BCUT2D eigenvalue weighted by atomic mass is 9.96. The summed E-state index contributed by atoms with van der Waals surface area (Å²) in [6.45, 7) is 0. The van der Waals surface area contributed by atoms with Crippen molar-refractivity contribution in [3.63, 3.8) is 0 Å². The number of anilines is 1. The summed E-state index contributed by atoms with van der Waals surface area (Å²) in [4.78, 5) is 20.7. The maximum absolute atomic E-state index is 11.6. The van der Waals surface area contributed by atoms with Crippen LogP contribution < -0.4 is 11.1 Å². The van der Waals surface area contributed by atoms with E-state index < -0.39 is 5.91 Å². The fraction of sp³-hybridized carbons (Fsp3) is 0.412. The van der Waals surface area contributed by atoms with Gasteiger partial charge in [-0.25, -0.2) is 9.97 Å². The Morgan fingerprint density at radius 2 is 2.08 bits per heavy atom. The summed E-state index contributed by atoms with van der Waals surface area (Å²) in [6, 6.07) is 4.18. The van der Waals surface area contributed by atoms with E-state index in [9.17, 15) is 4.79 Å². The van der Waals surface area contributed by atoms with Gasteiger partial charge in [0.2, 0.25) is 5.95 Å². The second kappa shape index (κ2) is 5.74. The number of nitrogens with one attached hydrogen (secondary N) is 1. The highest BCUT2D eigenvalue weighted by molar-refractivity contribution is 6.11. The van der Waals surface area contributed by atoms with Crippen molar-refractivity contribution in [3.8, 4) is 0 Å². The highest BCUT2D eigenvalue weighted by Gasteiger charge is 2.18. The number of benzene rings is 1. The molecule has 0 aliphatic heterocycles. The van der Waals surface area contributed by atoms with Gasteiger partial charge in [0, 0.05) is 30.1 Å². The van der Waals surface area contributed by atoms with E-state index in [1.54, 1.807) is 11.7 Å². The third-order valence-electron chi connectivity index (χ3n) is 4.73. The largest absolute Gasteiger partial charge is 0.364 e. The Labute approximate surface area is 139 Å². The van der Waals surface area contributed by atoms with Crippen molar-refractivity contribution in [3.05, 3.63) is 24.0 Å². The summed E-state index contributed by atoms with van der Waals surface area (Å²) < 4.78 is 1.66. The highest BCUT2D eigenvalue weighted by atomic mass is 16.1. The normalized spacial score (nSPS) is 15.9. The molecule has 124 valence electrons. The Kier molecular flexibility index (Phi) is 3.55. The van der Waals surface area contributed by atoms with Crippen LogP contribution in [-0.2, 0) is 7.05 Å². The number of carbonyl (C=O) groups excluding carboxylic acids is 1. The Balaban J connectivity index is 1.82. The molecule has 1 saturated carbocycles. The quantitative estimate of drug-likeness (QED) is 0.770. The summed E-state index contributed by atoms with van der Waals surface area (Å²) in [7, 11) is 1.80. The fourth-order valence-electron chi connectivity index (χ4n) is 3.54. The number of aromatic nitrogens is 4. The van der Waals surface area contributed by atoms with Crippen LogP contribution in [0.2, 0.25) is 0 Å². The van der Waals surface area contributed by atoms with E-state index in [1.807, 2.05) is 18.3 Å². The van der Waals surface area contributed by atoms with Crippen LogP contribution in [0.3, 0.4) is 0 Å². The molecular formula is C17H20N6O. The Morgan fingerprint density at radius 1 is 1.29 bits per heavy atom. The Bertz CT molecular complexity index is 926. The molecule has 1 aliphatic carbocycles. The van der Waals surface area contributed by atoms with Gasteiger partial charge in [-0.05, 0) is 18.9 Å². The van der Waals surface area contributed by atoms with Crippen molar-refractivity contribution in [1.29, 1.82) is 0 Å². The first kappa shape index (κ1) is 14.9. The van der Waals surface area contributed by atoms with Gasteiger partial charge in [-0.2, -0.15) is 5.10 Å². The maximum Gasteiger partial charge on any atom is 0.269 e. The van der Waals surface area contributed by atoms with Crippen LogP contribution in [0.15, 0.2) is 18.3 Å². The van der Waals surface area contributed by atoms with E-state index in [2.05, 4.69) is 15.4 Å². The summed E-state index contributed by atoms with van der Waals surface area (Å²) in [5.74, 6) is 0.0956. The number of aryl methyl sites for hydroxylation is 1. The third kappa shape index (κ3) is 2.46. The maximum atomic E-state index is 11.6. The molecular weight excluding hydrogens is 304 g/mol. The van der Waals surface area contributed by atoms with Crippen LogP contribution in [0.1, 0.15) is 42.6 Å². The van der Waals surface area contributed by atoms with Gasteiger partial charge in [-0.3, -0.25) is 9.48 Å². The van der Waals surface area contributed by atoms with Crippen molar-refractivity contribution in [2.45, 2.75) is 38.1 Å². The number of fused-ring (bicyclic) bond motifs is 3. The predicted octanol–water partition coefficient (Wildman–Crippen LogP) is 2.36. The summed E-state index contributed by atoms with van der Waals surface area (Å²) in [6.07, 6.45) is 7.93. The zero-order valence-electron chi connectivity index (χ0n) is 13.6. The number of nitrogens with zero attached hydrogens (tertiary/aromatic N) is 4. The van der Waals surface area contributed by atoms with Gasteiger partial charge in [0.15, 0.2) is 5.69 Å². The molecule has 0 spiro atoms. The van der Waals surface area contributed by atoms with E-state index in [4.69, 9.17) is 10.7 Å². The Hall–Kier alpha value is -2.70. The van der Waals surface area contributed by atoms with Crippen LogP contribution >= 0.6 is 0 Å². The molecule has 3 N–H and O–H groups in total. The molecule has 3 aromatic rings. The monoisotopic (exact) mass is 324 g/mol. The summed E-state index contributed by atoms with van der Waals surface area (Å²) in [5, 5.41) is 9.32. The molecule has 1 aliphatic rings. The molecule has 2 heterocycles. The van der Waals surface area contributed by atoms with Gasteiger partial charge < -0.3 is 11.1 Å². The van der Waals surface area contributed by atoms with Gasteiger partial charge in [0.1, 0.15) is 5.52 Å². The molecule has 1 aromatic carbocycles. The average molecular weight is 324 g/mol. The van der Waals surface area contributed by atoms with Crippen LogP contribution in [0.4, 0.5) is 5.95 Å². The topological polar surface area (TPSA) is 98.7 Å². The van der Waals surface area contributed by atoms with Gasteiger partial charge in [0.05, 0.1) is 5.52 Å². The van der Waals surface area contributed by atoms with Crippen molar-refractivity contribution in [2.75, 3.05) is 5.32 Å². The molecule has 1 amide bonds. The number of rotatable bonds is 3. The molecule has 24 heavy (non-hydrogen) atoms. The van der Waals surface area contributed by atoms with Gasteiger partial charge >= 0.3 is 0 Å². The fourth-order valence-corrected chi connectivity index (χ4v) is 3.54. The van der Waals surface area contributed by atoms with Crippen LogP contribution in [0.5, 0.6) is 0 Å². The molecule has 0 unspecified atom stereocenters. The molecule has 0 bridgehead atoms. The Morgan fingerprint density at radius 3 is 2.83 bits per heavy atom. The van der Waals surface area contributed by atoms with E-state index in [0.717, 1.165) is 34.6 Å². The van der Waals surface area contributed by atoms with Crippen LogP contribution in [-0.4, -0.2) is 31.7 Å². The van der Waals surface area contributed by atoms with Crippen molar-refractivity contribution < 1.29 is 4.79 Å². The number of amides is 1. The van der Waals surface area contributed by atoms with Crippen molar-refractivity contribution >= 4 is 33.7 Å². The van der Waals surface area contributed by atoms with E-state index in [-0.39, 0.29) is 5.69 Å². The number of carbonyl (C=O) groups is 1. The van der Waals surface area contributed by atoms with E-state index in [0.29, 0.717) is 12.0 Å². The standard InChI is InChI=1S/C17H20N6O/c1-23-15-12(14(22-23)16(18)24)8-7-10-9-19-17(21-13(10)15)20-11-5-3-2-4-6-11/h7-9,11H,2-6H2,1H3,(H2,18,24)(H,19,20,21). The second-order valence-corrected chi connectivity index (χ2v) is 6.41. The lowest BCUT2D eigenvalue weighted by molar-refractivity contribution is 0.0996. The highest BCUT2D eigenvalue weighted by Crippen LogP contribution is 2.27. The molecule has 0 atom stereocenters. The first-order valence-corrected chi connectivity index (χ1v) is 8.32. The number of primary amides is 1. The third-order valence-corrected chi connectivity index (χ3v) is 4.73. The minimum absolute atomic E-state index is 0.273. The second-order valence-electron chi connectivity index (χ2n) is 6.41. The van der Waals surface area contributed by atoms with E-state index >= 15 is 0 Å². The minimum Gasteiger partial charge on any atom is -0.364 e. The minimum atomic E-state index is -0.533. The zero-order valence-corrected chi connectivity index (χ0v) is 13.6. The summed E-state index contributed by atoms with van der Waals surface area (Å²) in [5.41, 5.74) is 7.29. The lowest BCUT2D eigenvalue weighted by Gasteiger charge is -2.22. The predicted molar refractivity (Wildman–Crippen MR) is 92.8 cm³/mol.